The summed E-state index contributed by atoms with van der Waals surface area (Å²) < 4.78 is 77.4. The van der Waals surface area contributed by atoms with Crippen LogP contribution in [0.5, 0.6) is 0 Å². The van der Waals surface area contributed by atoms with Crippen LogP contribution in [0.2, 0.25) is 0 Å². The van der Waals surface area contributed by atoms with Crippen LogP contribution >= 0.6 is 0 Å². The van der Waals surface area contributed by atoms with E-state index in [2.05, 4.69) is 12.2 Å². The van der Waals surface area contributed by atoms with Crippen molar-refractivity contribution in [2.24, 2.45) is 11.8 Å². The third-order valence-electron chi connectivity index (χ3n) is 5.04. The Balaban J connectivity index is 2.09. The highest BCUT2D eigenvalue weighted by atomic mass is 19.4. The van der Waals surface area contributed by atoms with Crippen molar-refractivity contribution < 1.29 is 31.1 Å². The molecule has 2 rings (SSSR count). The molecule has 1 amide bonds. The number of hydrogen-bond acceptors (Lipinski definition) is 1. The van der Waals surface area contributed by atoms with Crippen molar-refractivity contribution in [3.8, 4) is 0 Å². The third-order valence-corrected chi connectivity index (χ3v) is 5.04. The molecule has 0 atom stereocenters. The fourth-order valence-electron chi connectivity index (χ4n) is 3.48. The Labute approximate surface area is 154 Å². The van der Waals surface area contributed by atoms with Gasteiger partial charge in [-0.3, -0.25) is 4.79 Å². The smallest absolute Gasteiger partial charge is 0.326 e. The molecule has 0 aliphatic heterocycles. The lowest BCUT2D eigenvalue weighted by molar-refractivity contribution is -0.143. The van der Waals surface area contributed by atoms with E-state index in [1.165, 1.54) is 0 Å². The maximum absolute atomic E-state index is 12.9. The molecule has 0 spiro atoms. The Bertz CT molecular complexity index is 612. The summed E-state index contributed by atoms with van der Waals surface area (Å²) >= 11 is 0. The van der Waals surface area contributed by atoms with Crippen LogP contribution in [-0.4, -0.2) is 5.91 Å². The summed E-state index contributed by atoms with van der Waals surface area (Å²) in [5.74, 6) is -0.359. The van der Waals surface area contributed by atoms with E-state index in [0.29, 0.717) is 30.9 Å². The normalized spacial score (nSPS) is 21.1. The number of carbonyl (C=O) groups is 1. The largest absolute Gasteiger partial charge is 0.416 e. The lowest BCUT2D eigenvalue weighted by Crippen LogP contribution is -2.27. The van der Waals surface area contributed by atoms with Crippen molar-refractivity contribution in [3.63, 3.8) is 0 Å². The molecular weight excluding hydrogens is 372 g/mol. The number of alkyl halides is 6. The van der Waals surface area contributed by atoms with E-state index in [9.17, 15) is 31.1 Å². The molecule has 0 radical (unpaired) electrons. The van der Waals surface area contributed by atoms with Crippen LogP contribution in [-0.2, 0) is 17.1 Å². The molecule has 1 N–H and O–H groups in total. The molecule has 0 unspecified atom stereocenters. The van der Waals surface area contributed by atoms with Gasteiger partial charge in [-0.05, 0) is 49.8 Å². The molecule has 27 heavy (non-hydrogen) atoms. The molecule has 0 saturated heterocycles. The third kappa shape index (κ3) is 6.14. The van der Waals surface area contributed by atoms with E-state index in [0.717, 1.165) is 32.1 Å². The summed E-state index contributed by atoms with van der Waals surface area (Å²) in [6, 6.07) is 1.13. The number of benzene rings is 1. The van der Waals surface area contributed by atoms with Gasteiger partial charge in [-0.1, -0.05) is 26.2 Å². The molecule has 8 heteroatoms. The van der Waals surface area contributed by atoms with Gasteiger partial charge in [0.1, 0.15) is 0 Å². The zero-order chi connectivity index (χ0) is 20.2. The zero-order valence-corrected chi connectivity index (χ0v) is 15.0. The first kappa shape index (κ1) is 21.6. The Morgan fingerprint density at radius 3 is 1.93 bits per heavy atom. The summed E-state index contributed by atoms with van der Waals surface area (Å²) in [6.45, 7) is 2.10. The van der Waals surface area contributed by atoms with Gasteiger partial charge >= 0.3 is 12.4 Å². The number of amides is 1. The highest BCUT2D eigenvalue weighted by molar-refractivity contribution is 5.92. The van der Waals surface area contributed by atoms with Gasteiger partial charge in [0.2, 0.25) is 5.91 Å². The number of halogens is 6. The van der Waals surface area contributed by atoms with Crippen LogP contribution in [0.25, 0.3) is 0 Å². The van der Waals surface area contributed by atoms with Crippen LogP contribution in [0.4, 0.5) is 32.0 Å². The van der Waals surface area contributed by atoms with Crippen LogP contribution in [0.3, 0.4) is 0 Å². The SMILES string of the molecule is CCCCC1CCC(C(=O)Nc2cc(C(F)(F)F)cc(C(F)(F)F)c2)CC1. The predicted octanol–water partition coefficient (Wildman–Crippen LogP) is 6.66. The van der Waals surface area contributed by atoms with Crippen LogP contribution in [0, 0.1) is 11.8 Å². The van der Waals surface area contributed by atoms with Crippen LogP contribution in [0.15, 0.2) is 18.2 Å². The van der Waals surface area contributed by atoms with Gasteiger partial charge in [-0.2, -0.15) is 26.3 Å². The number of carbonyl (C=O) groups excluding carboxylic acids is 1. The molecule has 0 aromatic heterocycles. The number of nitrogens with one attached hydrogen (secondary N) is 1. The minimum absolute atomic E-state index is 0.0502. The van der Waals surface area contributed by atoms with Gasteiger partial charge in [-0.25, -0.2) is 0 Å². The van der Waals surface area contributed by atoms with Crippen molar-refractivity contribution in [1.29, 1.82) is 0 Å². The molecule has 152 valence electrons. The minimum Gasteiger partial charge on any atom is -0.326 e. The van der Waals surface area contributed by atoms with E-state index in [1.807, 2.05) is 0 Å². The standard InChI is InChI=1S/C19H23F6NO/c1-2-3-4-12-5-7-13(8-6-12)17(27)26-16-10-14(18(20,21)22)9-15(11-16)19(23,24)25/h9-13H,2-8H2,1H3,(H,26,27). The molecule has 2 nitrogen and oxygen atoms in total. The zero-order valence-electron chi connectivity index (χ0n) is 15.0. The van der Waals surface area contributed by atoms with Gasteiger partial charge in [0.05, 0.1) is 11.1 Å². The number of unbranched alkanes of at least 4 members (excludes halogenated alkanes) is 1. The van der Waals surface area contributed by atoms with E-state index in [1.54, 1.807) is 0 Å². The first-order valence-corrected chi connectivity index (χ1v) is 9.11. The second-order valence-corrected chi connectivity index (χ2v) is 7.14. The lowest BCUT2D eigenvalue weighted by Gasteiger charge is -2.28. The van der Waals surface area contributed by atoms with Gasteiger partial charge < -0.3 is 5.32 Å². The van der Waals surface area contributed by atoms with Crippen molar-refractivity contribution in [2.75, 3.05) is 5.32 Å². The van der Waals surface area contributed by atoms with Gasteiger partial charge in [0.25, 0.3) is 0 Å². The van der Waals surface area contributed by atoms with Crippen molar-refractivity contribution in [1.82, 2.24) is 0 Å². The molecule has 1 fully saturated rings. The molecule has 1 aromatic rings. The topological polar surface area (TPSA) is 29.1 Å². The maximum atomic E-state index is 12.9. The van der Waals surface area contributed by atoms with Gasteiger partial charge in [0.15, 0.2) is 0 Å². The number of hydrogen-bond donors (Lipinski definition) is 1. The quantitative estimate of drug-likeness (QED) is 0.555. The summed E-state index contributed by atoms with van der Waals surface area (Å²) in [5, 5.41) is 2.26. The van der Waals surface area contributed by atoms with E-state index >= 15 is 0 Å². The summed E-state index contributed by atoms with van der Waals surface area (Å²) in [7, 11) is 0. The highest BCUT2D eigenvalue weighted by Crippen LogP contribution is 2.38. The molecule has 1 saturated carbocycles. The van der Waals surface area contributed by atoms with Gasteiger partial charge in [0, 0.05) is 11.6 Å². The first-order chi connectivity index (χ1) is 12.5. The van der Waals surface area contributed by atoms with E-state index in [4.69, 9.17) is 0 Å². The average molecular weight is 395 g/mol. The predicted molar refractivity (Wildman–Crippen MR) is 90.0 cm³/mol. The molecule has 1 aliphatic carbocycles. The molecule has 1 aliphatic rings. The molecule has 0 bridgehead atoms. The molecule has 1 aromatic carbocycles. The van der Waals surface area contributed by atoms with E-state index < -0.39 is 35.1 Å². The molecule has 0 heterocycles. The maximum Gasteiger partial charge on any atom is 0.416 e. The Morgan fingerprint density at radius 1 is 0.963 bits per heavy atom. The van der Waals surface area contributed by atoms with Crippen molar-refractivity contribution in [3.05, 3.63) is 29.3 Å². The van der Waals surface area contributed by atoms with E-state index in [-0.39, 0.29) is 12.0 Å². The monoisotopic (exact) mass is 395 g/mol. The number of anilines is 1. The second-order valence-electron chi connectivity index (χ2n) is 7.14. The Hall–Kier alpha value is -1.73. The Morgan fingerprint density at radius 2 is 1.48 bits per heavy atom. The fourth-order valence-corrected chi connectivity index (χ4v) is 3.48. The highest BCUT2D eigenvalue weighted by Gasteiger charge is 2.37. The lowest BCUT2D eigenvalue weighted by atomic mass is 9.79. The Kier molecular flexibility index (Phi) is 6.81. The van der Waals surface area contributed by atoms with Crippen LogP contribution < -0.4 is 5.32 Å². The summed E-state index contributed by atoms with van der Waals surface area (Å²) in [6.07, 6.45) is -3.65. The van der Waals surface area contributed by atoms with Crippen LogP contribution in [0.1, 0.15) is 63.0 Å². The van der Waals surface area contributed by atoms with Crippen molar-refractivity contribution in [2.45, 2.75) is 64.2 Å². The summed E-state index contributed by atoms with van der Waals surface area (Å²) in [4.78, 5) is 12.3. The van der Waals surface area contributed by atoms with Crippen molar-refractivity contribution >= 4 is 11.6 Å². The van der Waals surface area contributed by atoms with Gasteiger partial charge in [-0.15, -0.1) is 0 Å². The second kappa shape index (κ2) is 8.52. The molecular formula is C19H23F6NO. The number of rotatable bonds is 5. The summed E-state index contributed by atoms with van der Waals surface area (Å²) in [5.41, 5.74) is -3.35. The average Bonchev–Trinajstić information content (AvgIpc) is 2.58. The first-order valence-electron chi connectivity index (χ1n) is 9.11. The fraction of sp³-hybridized carbons (Fsp3) is 0.632. The minimum atomic E-state index is -4.93.